The Morgan fingerprint density at radius 1 is 1.11 bits per heavy atom. The minimum atomic E-state index is -0.683. The summed E-state index contributed by atoms with van der Waals surface area (Å²) in [5, 5.41) is 2.78. The quantitative estimate of drug-likeness (QED) is 0.774. The van der Waals surface area contributed by atoms with E-state index in [1.165, 1.54) is 4.90 Å². The predicted molar refractivity (Wildman–Crippen MR) is 105 cm³/mol. The van der Waals surface area contributed by atoms with Crippen molar-refractivity contribution in [2.24, 2.45) is 0 Å². The van der Waals surface area contributed by atoms with Crippen molar-refractivity contribution in [3.05, 3.63) is 54.1 Å². The zero-order valence-corrected chi connectivity index (χ0v) is 16.2. The number of aryl methyl sites for hydroxylation is 1. The van der Waals surface area contributed by atoms with Crippen molar-refractivity contribution >= 4 is 17.5 Å². The van der Waals surface area contributed by atoms with Crippen LogP contribution in [0.1, 0.15) is 19.4 Å². The van der Waals surface area contributed by atoms with Gasteiger partial charge in [-0.15, -0.1) is 0 Å². The van der Waals surface area contributed by atoms with E-state index in [1.807, 2.05) is 38.1 Å². The maximum Gasteiger partial charge on any atom is 0.263 e. The van der Waals surface area contributed by atoms with Crippen molar-refractivity contribution < 1.29 is 19.1 Å². The fraction of sp³-hybridized carbons (Fsp3) is 0.333. The molecule has 2 aromatic rings. The van der Waals surface area contributed by atoms with E-state index >= 15 is 0 Å². The van der Waals surface area contributed by atoms with Gasteiger partial charge in [-0.25, -0.2) is 0 Å². The Morgan fingerprint density at radius 2 is 1.81 bits per heavy atom. The molecule has 0 aliphatic carbocycles. The van der Waals surface area contributed by atoms with Crippen molar-refractivity contribution in [3.8, 4) is 11.5 Å². The molecule has 0 saturated carbocycles. The van der Waals surface area contributed by atoms with Crippen molar-refractivity contribution in [2.45, 2.75) is 26.9 Å². The number of benzene rings is 2. The van der Waals surface area contributed by atoms with Gasteiger partial charge >= 0.3 is 0 Å². The normalized spacial score (nSPS) is 11.4. The van der Waals surface area contributed by atoms with Gasteiger partial charge in [0.25, 0.3) is 5.91 Å². The highest BCUT2D eigenvalue weighted by molar-refractivity contribution is 5.95. The van der Waals surface area contributed by atoms with E-state index in [4.69, 9.17) is 9.47 Å². The number of hydrogen-bond donors (Lipinski definition) is 1. The SMILES string of the molecule is CCN(CC(=O)Nc1cccc(OC)c1)C(=O)C(C)Oc1ccc(C)cc1. The molecule has 2 aromatic carbocycles. The van der Waals surface area contributed by atoms with Gasteiger partial charge in [-0.3, -0.25) is 9.59 Å². The van der Waals surface area contributed by atoms with E-state index in [0.29, 0.717) is 23.7 Å². The third kappa shape index (κ3) is 6.02. The summed E-state index contributed by atoms with van der Waals surface area (Å²) in [6.07, 6.45) is -0.683. The van der Waals surface area contributed by atoms with Crippen LogP contribution in [0.5, 0.6) is 11.5 Å². The molecular weight excluding hydrogens is 344 g/mol. The number of nitrogens with zero attached hydrogens (tertiary/aromatic N) is 1. The molecule has 1 N–H and O–H groups in total. The summed E-state index contributed by atoms with van der Waals surface area (Å²) in [6, 6.07) is 14.6. The summed E-state index contributed by atoms with van der Waals surface area (Å²) in [5.74, 6) is 0.759. The molecule has 27 heavy (non-hydrogen) atoms. The minimum Gasteiger partial charge on any atom is -0.497 e. The number of likely N-dealkylation sites (N-methyl/N-ethyl adjacent to an activating group) is 1. The summed E-state index contributed by atoms with van der Waals surface area (Å²) in [6.45, 7) is 5.86. The van der Waals surface area contributed by atoms with E-state index in [1.54, 1.807) is 38.3 Å². The predicted octanol–water partition coefficient (Wildman–Crippen LogP) is 3.26. The lowest BCUT2D eigenvalue weighted by Crippen LogP contribution is -2.44. The minimum absolute atomic E-state index is 0.0475. The maximum absolute atomic E-state index is 12.6. The third-order valence-corrected chi connectivity index (χ3v) is 4.06. The summed E-state index contributed by atoms with van der Waals surface area (Å²) in [5.41, 5.74) is 1.73. The number of nitrogens with one attached hydrogen (secondary N) is 1. The molecule has 0 spiro atoms. The molecule has 144 valence electrons. The zero-order chi connectivity index (χ0) is 19.8. The molecule has 0 saturated heterocycles. The van der Waals surface area contributed by atoms with Gasteiger partial charge in [0.1, 0.15) is 11.5 Å². The Morgan fingerprint density at radius 3 is 2.44 bits per heavy atom. The molecular formula is C21H26N2O4. The lowest BCUT2D eigenvalue weighted by Gasteiger charge is -2.24. The van der Waals surface area contributed by atoms with Crippen LogP contribution in [0.2, 0.25) is 0 Å². The zero-order valence-electron chi connectivity index (χ0n) is 16.2. The van der Waals surface area contributed by atoms with Crippen LogP contribution in [0, 0.1) is 6.92 Å². The van der Waals surface area contributed by atoms with Crippen LogP contribution in [0.15, 0.2) is 48.5 Å². The molecule has 1 unspecified atom stereocenters. The van der Waals surface area contributed by atoms with E-state index in [2.05, 4.69) is 5.32 Å². The number of carbonyl (C=O) groups is 2. The highest BCUT2D eigenvalue weighted by atomic mass is 16.5. The first-order valence-corrected chi connectivity index (χ1v) is 8.89. The topological polar surface area (TPSA) is 67.9 Å². The Hall–Kier alpha value is -3.02. The number of rotatable bonds is 8. The second-order valence-corrected chi connectivity index (χ2v) is 6.21. The first-order chi connectivity index (χ1) is 12.9. The van der Waals surface area contributed by atoms with E-state index in [9.17, 15) is 9.59 Å². The molecule has 0 aromatic heterocycles. The molecule has 6 nitrogen and oxygen atoms in total. The Labute approximate surface area is 160 Å². The molecule has 6 heteroatoms. The summed E-state index contributed by atoms with van der Waals surface area (Å²) in [4.78, 5) is 26.4. The van der Waals surface area contributed by atoms with E-state index < -0.39 is 6.10 Å². The Bertz CT molecular complexity index is 774. The Balaban J connectivity index is 1.94. The van der Waals surface area contributed by atoms with Gasteiger partial charge in [0.05, 0.1) is 13.7 Å². The van der Waals surface area contributed by atoms with Gasteiger partial charge < -0.3 is 19.7 Å². The summed E-state index contributed by atoms with van der Waals surface area (Å²) < 4.78 is 10.8. The van der Waals surface area contributed by atoms with Gasteiger partial charge in [0.2, 0.25) is 5.91 Å². The molecule has 0 heterocycles. The summed E-state index contributed by atoms with van der Waals surface area (Å²) >= 11 is 0. The number of amides is 2. The number of hydrogen-bond acceptors (Lipinski definition) is 4. The van der Waals surface area contributed by atoms with Crippen molar-refractivity contribution in [1.82, 2.24) is 4.90 Å². The maximum atomic E-state index is 12.6. The monoisotopic (exact) mass is 370 g/mol. The van der Waals surface area contributed by atoms with Crippen LogP contribution in [0.25, 0.3) is 0 Å². The van der Waals surface area contributed by atoms with Crippen molar-refractivity contribution in [3.63, 3.8) is 0 Å². The molecule has 2 amide bonds. The average molecular weight is 370 g/mol. The average Bonchev–Trinajstić information content (AvgIpc) is 2.67. The van der Waals surface area contributed by atoms with E-state index in [-0.39, 0.29) is 18.4 Å². The van der Waals surface area contributed by atoms with Crippen LogP contribution < -0.4 is 14.8 Å². The number of methoxy groups -OCH3 is 1. The second kappa shape index (κ2) is 9.62. The van der Waals surface area contributed by atoms with Gasteiger partial charge in [-0.1, -0.05) is 23.8 Å². The van der Waals surface area contributed by atoms with Gasteiger partial charge in [0, 0.05) is 18.3 Å². The van der Waals surface area contributed by atoms with E-state index in [0.717, 1.165) is 5.56 Å². The van der Waals surface area contributed by atoms with Crippen molar-refractivity contribution in [2.75, 3.05) is 25.5 Å². The van der Waals surface area contributed by atoms with Gasteiger partial charge in [0.15, 0.2) is 6.10 Å². The van der Waals surface area contributed by atoms with Gasteiger partial charge in [-0.2, -0.15) is 0 Å². The smallest absolute Gasteiger partial charge is 0.263 e. The standard InChI is InChI=1S/C21H26N2O4/c1-5-23(14-20(24)22-17-7-6-8-19(13-17)26-4)21(25)16(3)27-18-11-9-15(2)10-12-18/h6-13,16H,5,14H2,1-4H3,(H,22,24). The third-order valence-electron chi connectivity index (χ3n) is 4.06. The second-order valence-electron chi connectivity index (χ2n) is 6.21. The number of anilines is 1. The van der Waals surface area contributed by atoms with Gasteiger partial charge in [-0.05, 0) is 45.0 Å². The lowest BCUT2D eigenvalue weighted by atomic mass is 10.2. The molecule has 0 bridgehead atoms. The molecule has 0 radical (unpaired) electrons. The molecule has 0 aliphatic heterocycles. The first-order valence-electron chi connectivity index (χ1n) is 8.89. The van der Waals surface area contributed by atoms with Crippen LogP contribution in [0.4, 0.5) is 5.69 Å². The fourth-order valence-corrected chi connectivity index (χ4v) is 2.55. The molecule has 0 aliphatic rings. The van der Waals surface area contributed by atoms with Crippen LogP contribution in [-0.4, -0.2) is 43.0 Å². The molecule has 2 rings (SSSR count). The largest absolute Gasteiger partial charge is 0.497 e. The van der Waals surface area contributed by atoms with Crippen LogP contribution >= 0.6 is 0 Å². The van der Waals surface area contributed by atoms with Crippen LogP contribution in [0.3, 0.4) is 0 Å². The molecule has 0 fully saturated rings. The Kier molecular flexibility index (Phi) is 7.23. The summed E-state index contributed by atoms with van der Waals surface area (Å²) in [7, 11) is 1.56. The van der Waals surface area contributed by atoms with Crippen molar-refractivity contribution in [1.29, 1.82) is 0 Å². The molecule has 1 atom stereocenters. The highest BCUT2D eigenvalue weighted by Gasteiger charge is 2.23. The number of carbonyl (C=O) groups excluding carboxylic acids is 2. The lowest BCUT2D eigenvalue weighted by molar-refractivity contribution is -0.140. The first kappa shape index (κ1) is 20.3. The highest BCUT2D eigenvalue weighted by Crippen LogP contribution is 2.17. The van der Waals surface area contributed by atoms with Crippen LogP contribution in [-0.2, 0) is 9.59 Å². The fourth-order valence-electron chi connectivity index (χ4n) is 2.55. The number of ether oxygens (including phenoxy) is 2.